The maximum atomic E-state index is 9.14. The number of benzene rings is 1. The molecule has 1 rings (SSSR count). The van der Waals surface area contributed by atoms with E-state index in [4.69, 9.17) is 9.84 Å². The molecule has 0 aliphatic carbocycles. The van der Waals surface area contributed by atoms with E-state index in [1.54, 1.807) is 7.11 Å². The number of methoxy groups -OCH3 is 1. The van der Waals surface area contributed by atoms with Crippen LogP contribution in [0.3, 0.4) is 0 Å². The molecule has 0 aliphatic heterocycles. The van der Waals surface area contributed by atoms with Gasteiger partial charge in [-0.25, -0.2) is 0 Å². The number of aliphatic hydroxyl groups is 1. The Morgan fingerprint density at radius 1 is 1.31 bits per heavy atom. The van der Waals surface area contributed by atoms with E-state index in [0.717, 1.165) is 16.9 Å². The summed E-state index contributed by atoms with van der Waals surface area (Å²) in [7, 11) is 1.61. The zero-order chi connectivity index (χ0) is 9.68. The minimum atomic E-state index is 0.00366. The van der Waals surface area contributed by atoms with Gasteiger partial charge in [0.05, 0.1) is 19.5 Å². The molecule has 70 valence electrons. The lowest BCUT2D eigenvalue weighted by Gasteiger charge is -2.08. The predicted octanol–water partition coefficient (Wildman–Crippen LogP) is 2.06. The third-order valence-corrected chi connectivity index (χ3v) is 2.01. The average Bonchev–Trinajstić information content (AvgIpc) is 2.20. The van der Waals surface area contributed by atoms with Crippen LogP contribution in [0.25, 0.3) is 5.57 Å². The van der Waals surface area contributed by atoms with Gasteiger partial charge in [-0.3, -0.25) is 0 Å². The molecule has 1 aromatic rings. The third kappa shape index (κ3) is 2.33. The first kappa shape index (κ1) is 9.81. The molecule has 0 radical (unpaired) electrons. The fourth-order valence-corrected chi connectivity index (χ4v) is 1.17. The van der Waals surface area contributed by atoms with Crippen molar-refractivity contribution in [2.45, 2.75) is 6.92 Å². The summed E-state index contributed by atoms with van der Waals surface area (Å²) in [6.07, 6.45) is 0. The van der Waals surface area contributed by atoms with Gasteiger partial charge in [-0.05, 0) is 12.5 Å². The standard InChI is InChI=1S/C11H14O2/c1-9(13-2)11(8-12)10-6-4-3-5-7-10/h3-7,12H,8H2,1-2H3/b11-9-. The van der Waals surface area contributed by atoms with Crippen molar-refractivity contribution in [3.63, 3.8) is 0 Å². The van der Waals surface area contributed by atoms with Gasteiger partial charge in [-0.2, -0.15) is 0 Å². The molecule has 2 heteroatoms. The Balaban J connectivity index is 3.05. The molecular weight excluding hydrogens is 164 g/mol. The summed E-state index contributed by atoms with van der Waals surface area (Å²) in [4.78, 5) is 0. The van der Waals surface area contributed by atoms with Crippen LogP contribution in [0.4, 0.5) is 0 Å². The molecule has 0 spiro atoms. The average molecular weight is 178 g/mol. The van der Waals surface area contributed by atoms with E-state index < -0.39 is 0 Å². The third-order valence-electron chi connectivity index (χ3n) is 2.01. The minimum Gasteiger partial charge on any atom is -0.501 e. The van der Waals surface area contributed by atoms with Crippen molar-refractivity contribution in [3.05, 3.63) is 41.7 Å². The van der Waals surface area contributed by atoms with Crippen LogP contribution in [0.15, 0.2) is 36.1 Å². The second-order valence-corrected chi connectivity index (χ2v) is 2.76. The summed E-state index contributed by atoms with van der Waals surface area (Å²) < 4.78 is 5.08. The smallest absolute Gasteiger partial charge is 0.0985 e. The van der Waals surface area contributed by atoms with Crippen molar-refractivity contribution < 1.29 is 9.84 Å². The van der Waals surface area contributed by atoms with Crippen LogP contribution in [0.2, 0.25) is 0 Å². The van der Waals surface area contributed by atoms with E-state index >= 15 is 0 Å². The zero-order valence-corrected chi connectivity index (χ0v) is 7.95. The van der Waals surface area contributed by atoms with Crippen molar-refractivity contribution in [1.82, 2.24) is 0 Å². The number of hydrogen-bond acceptors (Lipinski definition) is 2. The number of hydrogen-bond donors (Lipinski definition) is 1. The van der Waals surface area contributed by atoms with Crippen LogP contribution in [0.1, 0.15) is 12.5 Å². The normalized spacial score (nSPS) is 12.2. The highest BCUT2D eigenvalue weighted by Gasteiger charge is 2.03. The lowest BCUT2D eigenvalue weighted by atomic mass is 10.1. The summed E-state index contributed by atoms with van der Waals surface area (Å²) in [6, 6.07) is 9.73. The molecule has 0 atom stereocenters. The van der Waals surface area contributed by atoms with E-state index in [1.807, 2.05) is 37.3 Å². The van der Waals surface area contributed by atoms with E-state index in [-0.39, 0.29) is 6.61 Å². The van der Waals surface area contributed by atoms with Crippen LogP contribution in [0.5, 0.6) is 0 Å². The largest absolute Gasteiger partial charge is 0.501 e. The van der Waals surface area contributed by atoms with Crippen molar-refractivity contribution >= 4 is 5.57 Å². The zero-order valence-electron chi connectivity index (χ0n) is 7.95. The highest BCUT2D eigenvalue weighted by atomic mass is 16.5. The van der Waals surface area contributed by atoms with Crippen molar-refractivity contribution in [2.75, 3.05) is 13.7 Å². The maximum Gasteiger partial charge on any atom is 0.0985 e. The van der Waals surface area contributed by atoms with Crippen molar-refractivity contribution in [3.8, 4) is 0 Å². The molecule has 0 fully saturated rings. The Kier molecular flexibility index (Phi) is 3.53. The van der Waals surface area contributed by atoms with Crippen LogP contribution in [-0.4, -0.2) is 18.8 Å². The van der Waals surface area contributed by atoms with Gasteiger partial charge in [-0.1, -0.05) is 30.3 Å². The van der Waals surface area contributed by atoms with Crippen molar-refractivity contribution in [2.24, 2.45) is 0 Å². The highest BCUT2D eigenvalue weighted by molar-refractivity contribution is 5.67. The molecule has 2 nitrogen and oxygen atoms in total. The molecule has 0 saturated carbocycles. The monoisotopic (exact) mass is 178 g/mol. The Labute approximate surface area is 78.5 Å². The summed E-state index contributed by atoms with van der Waals surface area (Å²) in [5.41, 5.74) is 1.84. The summed E-state index contributed by atoms with van der Waals surface area (Å²) in [5, 5.41) is 9.14. The van der Waals surface area contributed by atoms with Gasteiger partial charge in [0, 0.05) is 5.57 Å². The second-order valence-electron chi connectivity index (χ2n) is 2.76. The van der Waals surface area contributed by atoms with Crippen LogP contribution >= 0.6 is 0 Å². The van der Waals surface area contributed by atoms with Gasteiger partial charge in [0.15, 0.2) is 0 Å². The molecule has 0 bridgehead atoms. The Hall–Kier alpha value is -1.28. The van der Waals surface area contributed by atoms with E-state index in [0.29, 0.717) is 0 Å². The van der Waals surface area contributed by atoms with Gasteiger partial charge in [0.25, 0.3) is 0 Å². The summed E-state index contributed by atoms with van der Waals surface area (Å²) in [5.74, 6) is 0.758. The van der Waals surface area contributed by atoms with E-state index in [9.17, 15) is 0 Å². The fourth-order valence-electron chi connectivity index (χ4n) is 1.17. The van der Waals surface area contributed by atoms with E-state index in [1.165, 1.54) is 0 Å². The first-order valence-corrected chi connectivity index (χ1v) is 4.19. The lowest BCUT2D eigenvalue weighted by Crippen LogP contribution is -1.95. The number of rotatable bonds is 3. The fraction of sp³-hybridized carbons (Fsp3) is 0.273. The SMILES string of the molecule is CO/C(C)=C(/CO)c1ccccc1. The van der Waals surface area contributed by atoms with Gasteiger partial charge in [0.1, 0.15) is 0 Å². The molecule has 0 aromatic heterocycles. The minimum absolute atomic E-state index is 0.00366. The first-order valence-electron chi connectivity index (χ1n) is 4.19. The second kappa shape index (κ2) is 4.67. The molecule has 13 heavy (non-hydrogen) atoms. The van der Waals surface area contributed by atoms with Crippen LogP contribution < -0.4 is 0 Å². The Bertz CT molecular complexity index is 288. The topological polar surface area (TPSA) is 29.5 Å². The number of ether oxygens (including phenoxy) is 1. The molecule has 0 heterocycles. The summed E-state index contributed by atoms with van der Waals surface area (Å²) >= 11 is 0. The molecule has 1 N–H and O–H groups in total. The van der Waals surface area contributed by atoms with Crippen LogP contribution in [0, 0.1) is 0 Å². The quantitative estimate of drug-likeness (QED) is 0.718. The first-order chi connectivity index (χ1) is 6.29. The summed E-state index contributed by atoms with van der Waals surface area (Å²) in [6.45, 7) is 1.85. The molecule has 0 saturated heterocycles. The Morgan fingerprint density at radius 2 is 1.92 bits per heavy atom. The van der Waals surface area contributed by atoms with E-state index in [2.05, 4.69) is 0 Å². The molecule has 1 aromatic carbocycles. The molecule has 0 amide bonds. The molecule has 0 aliphatic rings. The maximum absolute atomic E-state index is 9.14. The van der Waals surface area contributed by atoms with Crippen molar-refractivity contribution in [1.29, 1.82) is 0 Å². The molecule has 0 unspecified atom stereocenters. The van der Waals surface area contributed by atoms with Gasteiger partial charge in [-0.15, -0.1) is 0 Å². The number of allylic oxidation sites excluding steroid dienone is 1. The van der Waals surface area contributed by atoms with Crippen LogP contribution in [-0.2, 0) is 4.74 Å². The number of aliphatic hydroxyl groups excluding tert-OH is 1. The highest BCUT2D eigenvalue weighted by Crippen LogP contribution is 2.17. The van der Waals surface area contributed by atoms with Gasteiger partial charge >= 0.3 is 0 Å². The molecular formula is C11H14O2. The predicted molar refractivity (Wildman–Crippen MR) is 53.1 cm³/mol. The van der Waals surface area contributed by atoms with Gasteiger partial charge < -0.3 is 9.84 Å². The lowest BCUT2D eigenvalue weighted by molar-refractivity contribution is 0.285. The Morgan fingerprint density at radius 3 is 2.38 bits per heavy atom. The van der Waals surface area contributed by atoms with Gasteiger partial charge in [0.2, 0.25) is 0 Å².